The second kappa shape index (κ2) is 9.66. The fraction of sp³-hybridized carbons (Fsp3) is 0.250. The highest BCUT2D eigenvalue weighted by Gasteiger charge is 2.44. The maximum atomic E-state index is 14.0. The lowest BCUT2D eigenvalue weighted by atomic mass is 9.97. The predicted molar refractivity (Wildman–Crippen MR) is 147 cm³/mol. The molecule has 7 heteroatoms. The van der Waals surface area contributed by atoms with Crippen LogP contribution in [0, 0.1) is 11.8 Å². The third-order valence-electron chi connectivity index (χ3n) is 7.95. The number of para-hydroxylation sites is 1. The first-order valence-corrected chi connectivity index (χ1v) is 13.4. The number of rotatable bonds is 4. The summed E-state index contributed by atoms with van der Waals surface area (Å²) < 4.78 is 14.3. The lowest BCUT2D eigenvalue weighted by molar-refractivity contribution is 0.0664. The number of nitrogens with zero attached hydrogens (tertiary/aromatic N) is 3. The van der Waals surface area contributed by atoms with Gasteiger partial charge in [0.1, 0.15) is 25.1 Å². The fourth-order valence-electron chi connectivity index (χ4n) is 5.79. The van der Waals surface area contributed by atoms with Crippen molar-refractivity contribution in [3.05, 3.63) is 130 Å². The summed E-state index contributed by atoms with van der Waals surface area (Å²) >= 11 is 0. The SMILES string of the molecule is O=C1c2c(OCc3ccccc3)c(=O)ccn2N2CN1C[C@H]1C[C@@H]1COc1ccccc1C2c1ccccc1. The van der Waals surface area contributed by atoms with Gasteiger partial charge in [-0.15, -0.1) is 0 Å². The van der Waals surface area contributed by atoms with Crippen molar-refractivity contribution in [2.75, 3.05) is 24.8 Å². The summed E-state index contributed by atoms with van der Waals surface area (Å²) in [6, 6.07) is 29.2. The van der Waals surface area contributed by atoms with E-state index in [0.29, 0.717) is 31.7 Å². The summed E-state index contributed by atoms with van der Waals surface area (Å²) in [4.78, 5) is 29.1. The first kappa shape index (κ1) is 23.6. The first-order chi connectivity index (χ1) is 19.2. The van der Waals surface area contributed by atoms with Crippen LogP contribution < -0.4 is 19.9 Å². The van der Waals surface area contributed by atoms with Crippen molar-refractivity contribution in [1.82, 2.24) is 9.58 Å². The van der Waals surface area contributed by atoms with Gasteiger partial charge in [-0.05, 0) is 35.4 Å². The highest BCUT2D eigenvalue weighted by Crippen LogP contribution is 2.43. The molecule has 1 saturated carbocycles. The molecule has 39 heavy (non-hydrogen) atoms. The monoisotopic (exact) mass is 519 g/mol. The van der Waals surface area contributed by atoms with E-state index in [4.69, 9.17) is 9.47 Å². The summed E-state index contributed by atoms with van der Waals surface area (Å²) in [5.74, 6) is 1.51. The Morgan fingerprint density at radius 3 is 2.41 bits per heavy atom. The molecular formula is C32H29N3O4. The summed E-state index contributed by atoms with van der Waals surface area (Å²) in [5.41, 5.74) is 2.95. The molecule has 0 N–H and O–H groups in total. The Morgan fingerprint density at radius 2 is 1.59 bits per heavy atom. The smallest absolute Gasteiger partial charge is 0.277 e. The highest BCUT2D eigenvalue weighted by molar-refractivity contribution is 5.96. The molecule has 0 radical (unpaired) electrons. The van der Waals surface area contributed by atoms with Crippen molar-refractivity contribution >= 4 is 5.91 Å². The molecule has 1 amide bonds. The van der Waals surface area contributed by atoms with Crippen LogP contribution in [0.25, 0.3) is 0 Å². The molecule has 3 aromatic carbocycles. The minimum Gasteiger partial charge on any atom is -0.493 e. The molecule has 0 saturated heterocycles. The van der Waals surface area contributed by atoms with Crippen molar-refractivity contribution < 1.29 is 14.3 Å². The zero-order chi connectivity index (χ0) is 26.3. The number of carbonyl (C=O) groups is 1. The second-order valence-electron chi connectivity index (χ2n) is 10.5. The van der Waals surface area contributed by atoms with Gasteiger partial charge in [0.2, 0.25) is 5.43 Å². The lowest BCUT2D eigenvalue weighted by Crippen LogP contribution is -2.56. The minimum absolute atomic E-state index is 0.0830. The molecule has 1 unspecified atom stereocenters. The van der Waals surface area contributed by atoms with Gasteiger partial charge in [-0.3, -0.25) is 19.3 Å². The predicted octanol–water partition coefficient (Wildman–Crippen LogP) is 4.60. The summed E-state index contributed by atoms with van der Waals surface area (Å²) in [5, 5.41) is 2.14. The normalized spacial score (nSPS) is 21.5. The average molecular weight is 520 g/mol. The number of ether oxygens (including phenoxy) is 2. The van der Waals surface area contributed by atoms with Crippen LogP contribution in [0.1, 0.15) is 39.6 Å². The van der Waals surface area contributed by atoms with Gasteiger partial charge in [-0.25, -0.2) is 0 Å². The summed E-state index contributed by atoms with van der Waals surface area (Å²) in [7, 11) is 0. The Kier molecular flexibility index (Phi) is 5.84. The minimum atomic E-state index is -0.305. The number of hydrogen-bond donors (Lipinski definition) is 0. The van der Waals surface area contributed by atoms with E-state index in [1.807, 2.05) is 76.3 Å². The van der Waals surface area contributed by atoms with Gasteiger partial charge in [-0.2, -0.15) is 0 Å². The molecule has 2 aliphatic heterocycles. The molecule has 4 aromatic rings. The van der Waals surface area contributed by atoms with Crippen molar-refractivity contribution in [1.29, 1.82) is 0 Å². The molecule has 196 valence electrons. The van der Waals surface area contributed by atoms with Crippen molar-refractivity contribution in [3.63, 3.8) is 0 Å². The number of hydrogen-bond acceptors (Lipinski definition) is 5. The van der Waals surface area contributed by atoms with E-state index >= 15 is 0 Å². The standard InChI is InChI=1S/C32H29N3O4/c36-27-15-16-34-30(31(27)39-19-22-9-3-1-4-10-22)32(37)33-18-24-17-25(24)20-38-28-14-8-7-13-26(28)29(35(34)21-33)23-11-5-2-6-12-23/h1-16,24-25,29H,17-21H2/t24-,25-,29?/m1/s1. The average Bonchev–Trinajstić information content (AvgIpc) is 3.72. The van der Waals surface area contributed by atoms with Crippen LogP contribution >= 0.6 is 0 Å². The van der Waals surface area contributed by atoms with Crippen LogP contribution in [0.3, 0.4) is 0 Å². The van der Waals surface area contributed by atoms with Crippen molar-refractivity contribution in [3.8, 4) is 11.5 Å². The molecule has 3 aliphatic rings. The van der Waals surface area contributed by atoms with Crippen LogP contribution in [0.5, 0.6) is 11.5 Å². The molecule has 1 fully saturated rings. The Balaban J connectivity index is 1.41. The Labute approximate surface area is 226 Å². The maximum Gasteiger partial charge on any atom is 0.277 e. The van der Waals surface area contributed by atoms with E-state index in [2.05, 4.69) is 23.2 Å². The van der Waals surface area contributed by atoms with Crippen LogP contribution in [-0.4, -0.2) is 35.3 Å². The largest absolute Gasteiger partial charge is 0.493 e. The topological polar surface area (TPSA) is 64.0 Å². The molecule has 3 heterocycles. The van der Waals surface area contributed by atoms with Gasteiger partial charge in [0.25, 0.3) is 5.91 Å². The maximum absolute atomic E-state index is 14.0. The molecule has 3 atom stereocenters. The van der Waals surface area contributed by atoms with Crippen LogP contribution in [0.2, 0.25) is 0 Å². The molecule has 0 spiro atoms. The quantitative estimate of drug-likeness (QED) is 0.395. The number of pyridine rings is 1. The van der Waals surface area contributed by atoms with Gasteiger partial charge in [0, 0.05) is 24.4 Å². The number of carbonyl (C=O) groups excluding carboxylic acids is 1. The number of aromatic nitrogens is 1. The highest BCUT2D eigenvalue weighted by atomic mass is 16.5. The third kappa shape index (κ3) is 4.34. The van der Waals surface area contributed by atoms with E-state index in [1.165, 1.54) is 6.07 Å². The zero-order valence-corrected chi connectivity index (χ0v) is 21.5. The van der Waals surface area contributed by atoms with E-state index in [0.717, 1.165) is 28.9 Å². The molecular weight excluding hydrogens is 490 g/mol. The van der Waals surface area contributed by atoms with Crippen LogP contribution in [-0.2, 0) is 6.61 Å². The van der Waals surface area contributed by atoms with Gasteiger partial charge in [0.05, 0.1) is 6.61 Å². The Bertz CT molecular complexity index is 1570. The number of benzene rings is 3. The van der Waals surface area contributed by atoms with Gasteiger partial charge < -0.3 is 14.4 Å². The van der Waals surface area contributed by atoms with E-state index in [9.17, 15) is 9.59 Å². The Morgan fingerprint density at radius 1 is 0.846 bits per heavy atom. The lowest BCUT2D eigenvalue weighted by Gasteiger charge is -2.44. The number of fused-ring (bicyclic) bond motifs is 6. The zero-order valence-electron chi connectivity index (χ0n) is 21.5. The van der Waals surface area contributed by atoms with E-state index < -0.39 is 0 Å². The second-order valence-corrected chi connectivity index (χ2v) is 10.5. The van der Waals surface area contributed by atoms with Crippen molar-refractivity contribution in [2.24, 2.45) is 11.8 Å². The van der Waals surface area contributed by atoms with Crippen LogP contribution in [0.4, 0.5) is 0 Å². The Hall–Kier alpha value is -4.52. The molecule has 7 nitrogen and oxygen atoms in total. The molecule has 1 aromatic heterocycles. The molecule has 7 rings (SSSR count). The first-order valence-electron chi connectivity index (χ1n) is 13.4. The van der Waals surface area contributed by atoms with E-state index in [1.54, 1.807) is 6.20 Å². The summed E-state index contributed by atoms with van der Waals surface area (Å²) in [6.07, 6.45) is 2.72. The van der Waals surface area contributed by atoms with E-state index in [-0.39, 0.29) is 35.4 Å². The molecule has 1 aliphatic carbocycles. The summed E-state index contributed by atoms with van der Waals surface area (Å²) in [6.45, 7) is 1.82. The van der Waals surface area contributed by atoms with Crippen LogP contribution in [0.15, 0.2) is 102 Å². The van der Waals surface area contributed by atoms with Gasteiger partial charge in [0.15, 0.2) is 11.4 Å². The van der Waals surface area contributed by atoms with Crippen molar-refractivity contribution in [2.45, 2.75) is 19.1 Å². The third-order valence-corrected chi connectivity index (χ3v) is 7.95. The number of amides is 1. The fourth-order valence-corrected chi connectivity index (χ4v) is 5.79. The van der Waals surface area contributed by atoms with Gasteiger partial charge >= 0.3 is 0 Å². The molecule has 2 bridgehead atoms. The van der Waals surface area contributed by atoms with Gasteiger partial charge in [-0.1, -0.05) is 78.9 Å².